The van der Waals surface area contributed by atoms with Crippen molar-refractivity contribution in [2.75, 3.05) is 19.7 Å². The second-order valence-electron chi connectivity index (χ2n) is 6.21. The van der Waals surface area contributed by atoms with Crippen molar-refractivity contribution in [2.24, 2.45) is 0 Å². The minimum absolute atomic E-state index is 0. The topological polar surface area (TPSA) is 46.8 Å². The molecule has 0 spiro atoms. The lowest BCUT2D eigenvalue weighted by atomic mass is 10.2. The lowest BCUT2D eigenvalue weighted by Crippen LogP contribution is -2.21. The minimum Gasteiger partial charge on any atom is -0.461 e. The molecule has 1 saturated heterocycles. The van der Waals surface area contributed by atoms with Gasteiger partial charge in [-0.2, -0.15) is 0 Å². The first-order chi connectivity index (χ1) is 11.8. The van der Waals surface area contributed by atoms with Crippen molar-refractivity contribution < 1.29 is 9.53 Å². The van der Waals surface area contributed by atoms with Gasteiger partial charge in [0.25, 0.3) is 0 Å². The number of hydrogen-bond acceptors (Lipinski definition) is 4. The Kier molecular flexibility index (Phi) is 5.25. The van der Waals surface area contributed by atoms with Crippen LogP contribution in [0.25, 0.3) is 16.4 Å². The Labute approximate surface area is 153 Å². The normalized spacial score (nSPS) is 14.8. The molecule has 0 saturated carbocycles. The van der Waals surface area contributed by atoms with Crippen LogP contribution in [0.2, 0.25) is 0 Å². The molecule has 2 aromatic heterocycles. The third-order valence-electron chi connectivity index (χ3n) is 4.63. The van der Waals surface area contributed by atoms with Crippen LogP contribution in [0.3, 0.4) is 0 Å². The molecule has 0 unspecified atom stereocenters. The Bertz CT molecular complexity index is 900. The average Bonchev–Trinajstić information content (AvgIpc) is 3.22. The highest BCUT2D eigenvalue weighted by Gasteiger charge is 2.24. The van der Waals surface area contributed by atoms with E-state index in [4.69, 9.17) is 9.72 Å². The number of esters is 1. The molecule has 3 heterocycles. The molecule has 0 aliphatic carbocycles. The number of pyridine rings is 1. The molecule has 1 aromatic carbocycles. The van der Waals surface area contributed by atoms with Gasteiger partial charge in [0.15, 0.2) is 5.69 Å². The summed E-state index contributed by atoms with van der Waals surface area (Å²) in [6.45, 7) is 5.03. The van der Waals surface area contributed by atoms with Crippen LogP contribution >= 0.6 is 12.4 Å². The van der Waals surface area contributed by atoms with Crippen molar-refractivity contribution in [2.45, 2.75) is 26.3 Å². The largest absolute Gasteiger partial charge is 0.461 e. The van der Waals surface area contributed by atoms with Crippen molar-refractivity contribution in [1.82, 2.24) is 14.3 Å². The second-order valence-corrected chi connectivity index (χ2v) is 6.21. The summed E-state index contributed by atoms with van der Waals surface area (Å²) in [5.74, 6) is -0.297. The molecule has 0 N–H and O–H groups in total. The molecule has 1 fully saturated rings. The summed E-state index contributed by atoms with van der Waals surface area (Å²) in [5.41, 5.74) is 2.20. The second kappa shape index (κ2) is 7.42. The third-order valence-corrected chi connectivity index (χ3v) is 4.63. The summed E-state index contributed by atoms with van der Waals surface area (Å²) in [6.07, 6.45) is 4.35. The zero-order valence-corrected chi connectivity index (χ0v) is 15.1. The molecule has 0 bridgehead atoms. The van der Waals surface area contributed by atoms with Crippen LogP contribution in [0.1, 0.15) is 35.9 Å². The molecular weight excluding hydrogens is 338 g/mol. The van der Waals surface area contributed by atoms with Crippen LogP contribution in [0.5, 0.6) is 0 Å². The highest BCUT2D eigenvalue weighted by molar-refractivity contribution is 5.97. The number of ether oxygens (including phenoxy) is 1. The van der Waals surface area contributed by atoms with Crippen LogP contribution in [-0.4, -0.2) is 40.0 Å². The summed E-state index contributed by atoms with van der Waals surface area (Å²) in [6, 6.07) is 10.1. The number of nitrogens with zero attached hydrogens (tertiary/aromatic N) is 3. The maximum atomic E-state index is 12.5. The molecule has 4 rings (SSSR count). The van der Waals surface area contributed by atoms with Crippen LogP contribution in [-0.2, 0) is 11.3 Å². The highest BCUT2D eigenvalue weighted by Crippen LogP contribution is 2.24. The van der Waals surface area contributed by atoms with Gasteiger partial charge >= 0.3 is 5.97 Å². The zero-order chi connectivity index (χ0) is 16.5. The van der Waals surface area contributed by atoms with E-state index >= 15 is 0 Å². The summed E-state index contributed by atoms with van der Waals surface area (Å²) in [7, 11) is 0. The van der Waals surface area contributed by atoms with Crippen molar-refractivity contribution >= 4 is 34.8 Å². The molecule has 0 radical (unpaired) electrons. The smallest absolute Gasteiger partial charge is 0.357 e. The lowest BCUT2D eigenvalue weighted by molar-refractivity contribution is 0.0515. The number of imidazole rings is 1. The van der Waals surface area contributed by atoms with E-state index < -0.39 is 0 Å². The number of rotatable bonds is 4. The van der Waals surface area contributed by atoms with Gasteiger partial charge in [0.2, 0.25) is 0 Å². The standard InChI is InChI=1S/C19H21N3O2.ClH/c1-2-24-19(23)17-16(13-21-10-5-6-11-21)20-18-15-8-4-3-7-14(15)9-12-22(17)18;/h3-4,7-9,12H,2,5-6,10-11,13H2,1H3;1H. The predicted molar refractivity (Wildman–Crippen MR) is 100 cm³/mol. The molecule has 25 heavy (non-hydrogen) atoms. The predicted octanol–water partition coefficient (Wildman–Crippen LogP) is 3.68. The van der Waals surface area contributed by atoms with Crippen LogP contribution in [0.4, 0.5) is 0 Å². The highest BCUT2D eigenvalue weighted by atomic mass is 35.5. The van der Waals surface area contributed by atoms with Crippen molar-refractivity contribution in [3.8, 4) is 0 Å². The van der Waals surface area contributed by atoms with Crippen molar-refractivity contribution in [3.63, 3.8) is 0 Å². The molecule has 1 aliphatic rings. The molecule has 1 aliphatic heterocycles. The fraction of sp³-hybridized carbons (Fsp3) is 0.368. The van der Waals surface area contributed by atoms with Crippen molar-refractivity contribution in [3.05, 3.63) is 47.9 Å². The van der Waals surface area contributed by atoms with Gasteiger partial charge in [-0.1, -0.05) is 24.3 Å². The number of hydrogen-bond donors (Lipinski definition) is 0. The van der Waals surface area contributed by atoms with E-state index in [9.17, 15) is 4.79 Å². The van der Waals surface area contributed by atoms with E-state index in [0.717, 1.165) is 35.2 Å². The van der Waals surface area contributed by atoms with Gasteiger partial charge in [0, 0.05) is 18.1 Å². The number of halogens is 1. The molecule has 132 valence electrons. The Morgan fingerprint density at radius 1 is 1.20 bits per heavy atom. The first kappa shape index (κ1) is 17.7. The van der Waals surface area contributed by atoms with Gasteiger partial charge in [-0.25, -0.2) is 9.78 Å². The quantitative estimate of drug-likeness (QED) is 0.667. The fourth-order valence-corrected chi connectivity index (χ4v) is 3.49. The number of likely N-dealkylation sites (tertiary alicyclic amines) is 1. The van der Waals surface area contributed by atoms with Gasteiger partial charge in [-0.3, -0.25) is 9.30 Å². The summed E-state index contributed by atoms with van der Waals surface area (Å²) >= 11 is 0. The summed E-state index contributed by atoms with van der Waals surface area (Å²) in [4.78, 5) is 19.7. The molecule has 5 nitrogen and oxygen atoms in total. The van der Waals surface area contributed by atoms with Crippen LogP contribution in [0, 0.1) is 0 Å². The third kappa shape index (κ3) is 3.22. The van der Waals surface area contributed by atoms with E-state index in [2.05, 4.69) is 11.0 Å². The number of aromatic nitrogens is 2. The molecule has 0 atom stereocenters. The Hall–Kier alpha value is -2.11. The van der Waals surface area contributed by atoms with E-state index in [1.807, 2.05) is 41.8 Å². The number of fused-ring (bicyclic) bond motifs is 3. The van der Waals surface area contributed by atoms with E-state index in [0.29, 0.717) is 18.8 Å². The van der Waals surface area contributed by atoms with E-state index in [1.165, 1.54) is 12.8 Å². The molecule has 6 heteroatoms. The Morgan fingerprint density at radius 3 is 2.72 bits per heavy atom. The fourth-order valence-electron chi connectivity index (χ4n) is 3.49. The summed E-state index contributed by atoms with van der Waals surface area (Å²) in [5, 5.41) is 2.18. The average molecular weight is 360 g/mol. The molecule has 0 amide bonds. The number of carbonyl (C=O) groups excluding carboxylic acids is 1. The lowest BCUT2D eigenvalue weighted by Gasteiger charge is -2.13. The van der Waals surface area contributed by atoms with Gasteiger partial charge in [0.1, 0.15) is 5.65 Å². The van der Waals surface area contributed by atoms with E-state index in [1.54, 1.807) is 0 Å². The Morgan fingerprint density at radius 2 is 1.96 bits per heavy atom. The van der Waals surface area contributed by atoms with Gasteiger partial charge < -0.3 is 4.74 Å². The number of carbonyl (C=O) groups is 1. The van der Waals surface area contributed by atoms with Gasteiger partial charge in [-0.15, -0.1) is 12.4 Å². The summed E-state index contributed by atoms with van der Waals surface area (Å²) < 4.78 is 7.17. The first-order valence-corrected chi connectivity index (χ1v) is 8.56. The maximum absolute atomic E-state index is 12.5. The Balaban J connectivity index is 0.00000182. The number of benzene rings is 1. The molecular formula is C19H22ClN3O2. The van der Waals surface area contributed by atoms with Crippen LogP contribution in [0.15, 0.2) is 36.5 Å². The maximum Gasteiger partial charge on any atom is 0.357 e. The van der Waals surface area contributed by atoms with Gasteiger partial charge in [0.05, 0.1) is 12.3 Å². The monoisotopic (exact) mass is 359 g/mol. The SMILES string of the molecule is CCOC(=O)c1c(CN2CCCC2)nc2c3ccccc3ccn12.Cl. The minimum atomic E-state index is -0.297. The van der Waals surface area contributed by atoms with Crippen molar-refractivity contribution in [1.29, 1.82) is 0 Å². The van der Waals surface area contributed by atoms with Gasteiger partial charge in [-0.05, 0) is 44.3 Å². The molecule has 3 aromatic rings. The first-order valence-electron chi connectivity index (χ1n) is 8.56. The van der Waals surface area contributed by atoms with Crippen LogP contribution < -0.4 is 0 Å². The van der Waals surface area contributed by atoms with E-state index in [-0.39, 0.29) is 18.4 Å². The zero-order valence-electron chi connectivity index (χ0n) is 14.3.